The summed E-state index contributed by atoms with van der Waals surface area (Å²) in [7, 11) is 0. The lowest BCUT2D eigenvalue weighted by molar-refractivity contribution is -0.129. The number of pyridine rings is 1. The number of nitriles is 1. The van der Waals surface area contributed by atoms with E-state index >= 15 is 0 Å². The van der Waals surface area contributed by atoms with E-state index in [4.69, 9.17) is 22.6 Å². The smallest absolute Gasteiger partial charge is 0.246 e. The van der Waals surface area contributed by atoms with Crippen LogP contribution in [0.2, 0.25) is 5.02 Å². The molecule has 1 aromatic heterocycles. The monoisotopic (exact) mass is 294 g/mol. The Morgan fingerprint density at radius 2 is 2.25 bits per heavy atom. The Bertz CT molecular complexity index is 550. The first-order valence-corrected chi connectivity index (χ1v) is 6.68. The number of aliphatic hydroxyl groups is 1. The van der Waals surface area contributed by atoms with Gasteiger partial charge in [0.1, 0.15) is 18.0 Å². The molecule has 0 saturated carbocycles. The van der Waals surface area contributed by atoms with Crippen LogP contribution in [-0.4, -0.2) is 35.2 Å². The number of aliphatic hydroxyl groups excluding tert-OH is 1. The molecule has 3 N–H and O–H groups in total. The van der Waals surface area contributed by atoms with Crippen molar-refractivity contribution in [3.8, 4) is 6.07 Å². The van der Waals surface area contributed by atoms with E-state index < -0.39 is 12.0 Å². The molecule has 106 valence electrons. The number of piperidine rings is 1. The Kier molecular flexibility index (Phi) is 4.42. The van der Waals surface area contributed by atoms with Crippen LogP contribution in [0.3, 0.4) is 0 Å². The van der Waals surface area contributed by atoms with E-state index in [1.54, 1.807) is 6.07 Å². The first-order chi connectivity index (χ1) is 9.52. The van der Waals surface area contributed by atoms with Crippen molar-refractivity contribution in [2.75, 3.05) is 18.0 Å². The Morgan fingerprint density at radius 3 is 2.75 bits per heavy atom. The maximum Gasteiger partial charge on any atom is 0.246 e. The van der Waals surface area contributed by atoms with Crippen LogP contribution in [-0.2, 0) is 4.79 Å². The van der Waals surface area contributed by atoms with Gasteiger partial charge in [0.2, 0.25) is 5.91 Å². The van der Waals surface area contributed by atoms with Crippen molar-refractivity contribution in [2.45, 2.75) is 18.9 Å². The fraction of sp³-hybridized carbons (Fsp3) is 0.462. The molecule has 0 radical (unpaired) electrons. The van der Waals surface area contributed by atoms with Gasteiger partial charge in [-0.1, -0.05) is 11.6 Å². The summed E-state index contributed by atoms with van der Waals surface area (Å²) in [6.07, 6.45) is 1.66. The SMILES string of the molecule is N#Cc1cnc(N2CCC([C@@H](O)C(N)=O)CC2)c(Cl)c1. The summed E-state index contributed by atoms with van der Waals surface area (Å²) in [5.41, 5.74) is 5.52. The van der Waals surface area contributed by atoms with E-state index in [0.717, 1.165) is 0 Å². The summed E-state index contributed by atoms with van der Waals surface area (Å²) >= 11 is 6.11. The lowest BCUT2D eigenvalue weighted by Crippen LogP contribution is -2.43. The predicted molar refractivity (Wildman–Crippen MR) is 74.1 cm³/mol. The first-order valence-electron chi connectivity index (χ1n) is 6.31. The van der Waals surface area contributed by atoms with Crippen LogP contribution in [0, 0.1) is 17.2 Å². The summed E-state index contributed by atoms with van der Waals surface area (Å²) in [6.45, 7) is 1.27. The molecule has 0 aromatic carbocycles. The quantitative estimate of drug-likeness (QED) is 0.853. The van der Waals surface area contributed by atoms with Crippen molar-refractivity contribution in [1.82, 2.24) is 4.98 Å². The maximum absolute atomic E-state index is 11.0. The molecule has 1 aliphatic rings. The van der Waals surface area contributed by atoms with Crippen LogP contribution >= 0.6 is 11.6 Å². The first kappa shape index (κ1) is 14.6. The third kappa shape index (κ3) is 3.00. The molecule has 20 heavy (non-hydrogen) atoms. The topological polar surface area (TPSA) is 103 Å². The lowest BCUT2D eigenvalue weighted by atomic mass is 9.91. The minimum absolute atomic E-state index is 0.124. The van der Waals surface area contributed by atoms with E-state index in [1.165, 1.54) is 6.20 Å². The second-order valence-electron chi connectivity index (χ2n) is 4.81. The number of nitrogens with zero attached hydrogens (tertiary/aromatic N) is 3. The van der Waals surface area contributed by atoms with Crippen LogP contribution in [0.4, 0.5) is 5.82 Å². The number of carbonyl (C=O) groups excluding carboxylic acids is 1. The molecular formula is C13H15ClN4O2. The van der Waals surface area contributed by atoms with Crippen molar-refractivity contribution in [3.63, 3.8) is 0 Å². The van der Waals surface area contributed by atoms with E-state index in [9.17, 15) is 9.90 Å². The zero-order valence-electron chi connectivity index (χ0n) is 10.8. The summed E-state index contributed by atoms with van der Waals surface area (Å²) in [5.74, 6) is -0.184. The maximum atomic E-state index is 11.0. The van der Waals surface area contributed by atoms with Crippen LogP contribution in [0.25, 0.3) is 0 Å². The second-order valence-corrected chi connectivity index (χ2v) is 5.22. The highest BCUT2D eigenvalue weighted by atomic mass is 35.5. The third-order valence-electron chi connectivity index (χ3n) is 3.53. The normalized spacial score (nSPS) is 17.6. The lowest BCUT2D eigenvalue weighted by Gasteiger charge is -2.34. The molecular weight excluding hydrogens is 280 g/mol. The molecule has 1 fully saturated rings. The van der Waals surface area contributed by atoms with Gasteiger partial charge in [-0.05, 0) is 24.8 Å². The molecule has 0 bridgehead atoms. The number of primary amides is 1. The fourth-order valence-electron chi connectivity index (χ4n) is 2.38. The highest BCUT2D eigenvalue weighted by Gasteiger charge is 2.29. The second kappa shape index (κ2) is 6.07. The number of halogens is 1. The van der Waals surface area contributed by atoms with Crippen LogP contribution in [0.15, 0.2) is 12.3 Å². The van der Waals surface area contributed by atoms with Gasteiger partial charge in [0.15, 0.2) is 0 Å². The van der Waals surface area contributed by atoms with Gasteiger partial charge in [0, 0.05) is 19.3 Å². The van der Waals surface area contributed by atoms with Gasteiger partial charge in [-0.15, -0.1) is 0 Å². The average Bonchev–Trinajstić information content (AvgIpc) is 2.46. The number of hydrogen-bond acceptors (Lipinski definition) is 5. The molecule has 0 aliphatic carbocycles. The number of rotatable bonds is 3. The molecule has 1 atom stereocenters. The number of anilines is 1. The highest BCUT2D eigenvalue weighted by Crippen LogP contribution is 2.29. The summed E-state index contributed by atoms with van der Waals surface area (Å²) in [4.78, 5) is 17.1. The van der Waals surface area contributed by atoms with E-state index in [1.807, 2.05) is 11.0 Å². The van der Waals surface area contributed by atoms with E-state index in [2.05, 4.69) is 4.98 Å². The molecule has 1 saturated heterocycles. The van der Waals surface area contributed by atoms with Gasteiger partial charge >= 0.3 is 0 Å². The number of carbonyl (C=O) groups is 1. The van der Waals surface area contributed by atoms with Gasteiger partial charge in [-0.25, -0.2) is 4.98 Å². The largest absolute Gasteiger partial charge is 0.383 e. The summed E-state index contributed by atoms with van der Waals surface area (Å²) in [5, 5.41) is 18.9. The van der Waals surface area contributed by atoms with E-state index in [-0.39, 0.29) is 5.92 Å². The number of amides is 1. The molecule has 2 rings (SSSR count). The minimum atomic E-state index is -1.10. The highest BCUT2D eigenvalue weighted by molar-refractivity contribution is 6.33. The summed E-state index contributed by atoms with van der Waals surface area (Å²) in [6, 6.07) is 3.56. The number of aromatic nitrogens is 1. The molecule has 7 heteroatoms. The van der Waals surface area contributed by atoms with Crippen molar-refractivity contribution >= 4 is 23.3 Å². The third-order valence-corrected chi connectivity index (χ3v) is 3.81. The number of hydrogen-bond donors (Lipinski definition) is 2. The molecule has 1 amide bonds. The van der Waals surface area contributed by atoms with Gasteiger partial charge in [-0.3, -0.25) is 4.79 Å². The average molecular weight is 295 g/mol. The minimum Gasteiger partial charge on any atom is -0.383 e. The van der Waals surface area contributed by atoms with Crippen LogP contribution in [0.5, 0.6) is 0 Å². The van der Waals surface area contributed by atoms with Gasteiger partial charge < -0.3 is 15.7 Å². The van der Waals surface area contributed by atoms with Crippen molar-refractivity contribution in [1.29, 1.82) is 5.26 Å². The van der Waals surface area contributed by atoms with Gasteiger partial charge in [0.25, 0.3) is 0 Å². The zero-order valence-corrected chi connectivity index (χ0v) is 11.5. The van der Waals surface area contributed by atoms with Gasteiger partial charge in [0.05, 0.1) is 10.6 Å². The van der Waals surface area contributed by atoms with Crippen LogP contribution < -0.4 is 10.6 Å². The Hall–Kier alpha value is -1.84. The standard InChI is InChI=1S/C13H15ClN4O2/c14-10-5-8(6-15)7-17-13(10)18-3-1-9(2-4-18)11(19)12(16)20/h5,7,9,11,19H,1-4H2,(H2,16,20)/t11-/m1/s1. The van der Waals surface area contributed by atoms with Crippen molar-refractivity contribution < 1.29 is 9.90 Å². The van der Waals surface area contributed by atoms with Crippen molar-refractivity contribution in [3.05, 3.63) is 22.8 Å². The number of nitrogens with two attached hydrogens (primary N) is 1. The predicted octanol–water partition coefficient (Wildman–Crippen LogP) is 0.669. The molecule has 6 nitrogen and oxygen atoms in total. The van der Waals surface area contributed by atoms with Crippen molar-refractivity contribution in [2.24, 2.45) is 11.7 Å². The van der Waals surface area contributed by atoms with Gasteiger partial charge in [-0.2, -0.15) is 5.26 Å². The molecule has 1 aromatic rings. The Morgan fingerprint density at radius 1 is 1.60 bits per heavy atom. The molecule has 1 aliphatic heterocycles. The summed E-state index contributed by atoms with van der Waals surface area (Å²) < 4.78 is 0. The Labute approximate surface area is 121 Å². The van der Waals surface area contributed by atoms with E-state index in [0.29, 0.717) is 42.3 Å². The zero-order chi connectivity index (χ0) is 14.7. The molecule has 2 heterocycles. The van der Waals surface area contributed by atoms with Crippen LogP contribution in [0.1, 0.15) is 18.4 Å². The molecule has 0 spiro atoms. The molecule has 0 unspecified atom stereocenters. The Balaban J connectivity index is 2.04. The fourth-order valence-corrected chi connectivity index (χ4v) is 2.67.